The lowest BCUT2D eigenvalue weighted by atomic mass is 9.94. The highest BCUT2D eigenvalue weighted by Crippen LogP contribution is 2.45. The Morgan fingerprint density at radius 1 is 0.174 bits per heavy atom. The van der Waals surface area contributed by atoms with Crippen LogP contribution < -0.4 is 0 Å². The van der Waals surface area contributed by atoms with E-state index in [4.69, 9.17) is 29.9 Å². The minimum Gasteiger partial charge on any atom is -0.309 e. The summed E-state index contributed by atoms with van der Waals surface area (Å²) in [5, 5.41) is 9.75. The maximum absolute atomic E-state index is 5.10. The molecule has 16 aromatic carbocycles. The summed E-state index contributed by atoms with van der Waals surface area (Å²) in [7, 11) is 0. The molecule has 0 aliphatic rings. The normalized spacial score (nSPS) is 11.6. The SMILES string of the molecule is Cc1ccc(-c2nc(-c3ccc(C)cc3)nc(-c3cccc(-c4cccc5c4c4cc(-n6c7ccccc7c7ccccc76)ccc4n5-c4ccccc4)c3)n2)cc1.Cc1ccc(-c2nc(-c3ccccc3)nc(-c3ccccc3)n2)cc1-c1cccc2c1c1cc(-n3c4ccccc4c4ccccc43)ccc1n2-c1ccccc1. The monoisotopic (exact) mass is 1470 g/mol. The van der Waals surface area contributed by atoms with Gasteiger partial charge in [-0.2, -0.15) is 0 Å². The molecule has 0 atom stereocenters. The quantitative estimate of drug-likeness (QED) is 0.121. The van der Waals surface area contributed by atoms with Gasteiger partial charge < -0.3 is 18.3 Å². The van der Waals surface area contributed by atoms with Crippen LogP contribution in [-0.4, -0.2) is 48.2 Å². The van der Waals surface area contributed by atoms with Gasteiger partial charge in [0, 0.05) is 99.2 Å². The number of rotatable bonds is 12. The van der Waals surface area contributed by atoms with Gasteiger partial charge in [-0.25, -0.2) is 29.9 Å². The molecule has 0 aliphatic heterocycles. The van der Waals surface area contributed by atoms with Crippen molar-refractivity contribution in [3.05, 3.63) is 399 Å². The first-order valence-corrected chi connectivity index (χ1v) is 39.0. The smallest absolute Gasteiger partial charge is 0.164 e. The van der Waals surface area contributed by atoms with Crippen molar-refractivity contribution >= 4 is 87.2 Å². The number of aryl methyl sites for hydroxylation is 3. The molecule has 6 heterocycles. The van der Waals surface area contributed by atoms with E-state index in [0.29, 0.717) is 34.9 Å². The fourth-order valence-corrected chi connectivity index (χ4v) is 17.0. The molecular formula is C105H72N10. The van der Waals surface area contributed by atoms with Crippen LogP contribution in [0.4, 0.5) is 0 Å². The second-order valence-electron chi connectivity index (χ2n) is 29.6. The van der Waals surface area contributed by atoms with E-state index in [9.17, 15) is 0 Å². The van der Waals surface area contributed by atoms with Gasteiger partial charge in [0.25, 0.3) is 0 Å². The van der Waals surface area contributed by atoms with E-state index in [-0.39, 0.29) is 0 Å². The van der Waals surface area contributed by atoms with E-state index in [1.54, 1.807) is 0 Å². The highest BCUT2D eigenvalue weighted by Gasteiger charge is 2.24. The number of hydrogen-bond acceptors (Lipinski definition) is 6. The maximum Gasteiger partial charge on any atom is 0.164 e. The lowest BCUT2D eigenvalue weighted by Crippen LogP contribution is -2.00. The molecule has 0 aliphatic carbocycles. The Kier molecular flexibility index (Phi) is 16.7. The first kappa shape index (κ1) is 67.8. The summed E-state index contributed by atoms with van der Waals surface area (Å²) < 4.78 is 9.59. The first-order valence-electron chi connectivity index (χ1n) is 39.0. The Labute approximate surface area is 664 Å². The molecule has 0 saturated carbocycles. The van der Waals surface area contributed by atoms with Crippen LogP contribution >= 0.6 is 0 Å². The highest BCUT2D eigenvalue weighted by atomic mass is 15.1. The van der Waals surface area contributed by atoms with Crippen molar-refractivity contribution in [1.82, 2.24) is 48.2 Å². The van der Waals surface area contributed by atoms with E-state index in [1.807, 2.05) is 60.7 Å². The lowest BCUT2D eigenvalue weighted by Gasteiger charge is -2.13. The Hall–Kier alpha value is -15.3. The Balaban J connectivity index is 0.000000144. The standard InChI is InChI=1S/C53H37N5.C52H35N5/c1-34-22-26-36(27-23-34)51-54-52(37-28-24-35(2)25-29-37)56-53(55-51)39-13-10-12-38(32-39)42-18-11-21-49-50(42)45-33-41(30-31-48(45)57(49)40-14-4-3-5-15-40)58-46-19-8-6-16-43(46)44-17-7-9-20-47(44)58;1-34-28-29-37(52-54-50(35-16-5-2-6-17-35)53-51(55-52)36-18-7-3-8-19-36)32-43(34)42-24-15-27-48-49(42)44-33-39(30-31-47(44)56(48)38-20-9-4-10-21-38)57-45-25-13-11-22-40(45)41-23-12-14-26-46(41)57/h3-33H,1-2H3;2-33H,1H3. The minimum absolute atomic E-state index is 0.635. The van der Waals surface area contributed by atoms with Crippen molar-refractivity contribution in [1.29, 1.82) is 0 Å². The molecule has 6 aromatic heterocycles. The summed E-state index contributed by atoms with van der Waals surface area (Å²) >= 11 is 0. The van der Waals surface area contributed by atoms with Crippen LogP contribution in [0, 0.1) is 20.8 Å². The van der Waals surface area contributed by atoms with Crippen molar-refractivity contribution < 1.29 is 0 Å². The summed E-state index contributed by atoms with van der Waals surface area (Å²) in [6.45, 7) is 6.37. The minimum atomic E-state index is 0.635. The Morgan fingerprint density at radius 3 is 0.896 bits per heavy atom. The van der Waals surface area contributed by atoms with Crippen LogP contribution in [0.2, 0.25) is 0 Å². The van der Waals surface area contributed by atoms with Crippen molar-refractivity contribution in [3.8, 4) is 113 Å². The van der Waals surface area contributed by atoms with Gasteiger partial charge in [0.05, 0.1) is 44.1 Å². The van der Waals surface area contributed by atoms with Gasteiger partial charge in [0.1, 0.15) is 0 Å². The number of aromatic nitrogens is 10. The molecule has 10 heteroatoms. The summed E-state index contributed by atoms with van der Waals surface area (Å²) in [5.74, 6) is 3.86. The van der Waals surface area contributed by atoms with Crippen molar-refractivity contribution in [2.75, 3.05) is 0 Å². The summed E-state index contributed by atoms with van der Waals surface area (Å²) in [5.41, 5.74) is 27.6. The van der Waals surface area contributed by atoms with Gasteiger partial charge in [0.15, 0.2) is 34.9 Å². The van der Waals surface area contributed by atoms with E-state index < -0.39 is 0 Å². The largest absolute Gasteiger partial charge is 0.309 e. The first-order chi connectivity index (χ1) is 56.8. The molecule has 0 saturated heterocycles. The van der Waals surface area contributed by atoms with Crippen molar-refractivity contribution in [2.45, 2.75) is 20.8 Å². The van der Waals surface area contributed by atoms with Crippen LogP contribution in [0.3, 0.4) is 0 Å². The average molecular weight is 1470 g/mol. The molecule has 22 rings (SSSR count). The third-order valence-corrected chi connectivity index (χ3v) is 22.4. The van der Waals surface area contributed by atoms with Crippen LogP contribution in [0.15, 0.2) is 382 Å². The Bertz CT molecular complexity index is 7300. The van der Waals surface area contributed by atoms with E-state index in [2.05, 4.69) is 361 Å². The summed E-state index contributed by atoms with van der Waals surface area (Å²) in [6.07, 6.45) is 0. The molecule has 115 heavy (non-hydrogen) atoms. The second kappa shape index (κ2) is 28.2. The van der Waals surface area contributed by atoms with Crippen molar-refractivity contribution in [3.63, 3.8) is 0 Å². The third kappa shape index (κ3) is 12.0. The van der Waals surface area contributed by atoms with Gasteiger partial charge in [0.2, 0.25) is 0 Å². The van der Waals surface area contributed by atoms with Gasteiger partial charge in [-0.3, -0.25) is 0 Å². The average Bonchev–Trinajstić information content (AvgIpc) is 1.57. The van der Waals surface area contributed by atoms with Gasteiger partial charge >= 0.3 is 0 Å². The predicted molar refractivity (Wildman–Crippen MR) is 475 cm³/mol. The van der Waals surface area contributed by atoms with E-state index in [1.165, 1.54) is 81.8 Å². The van der Waals surface area contributed by atoms with Crippen molar-refractivity contribution in [2.24, 2.45) is 0 Å². The maximum atomic E-state index is 5.10. The third-order valence-electron chi connectivity index (χ3n) is 22.4. The topological polar surface area (TPSA) is 97.1 Å². The van der Waals surface area contributed by atoms with Crippen LogP contribution in [0.1, 0.15) is 16.7 Å². The van der Waals surface area contributed by atoms with Crippen LogP contribution in [0.25, 0.3) is 201 Å². The van der Waals surface area contributed by atoms with Gasteiger partial charge in [-0.15, -0.1) is 0 Å². The molecule has 22 aromatic rings. The zero-order valence-electron chi connectivity index (χ0n) is 63.3. The molecule has 0 bridgehead atoms. The molecule has 0 amide bonds. The zero-order valence-corrected chi connectivity index (χ0v) is 63.3. The Morgan fingerprint density at radius 2 is 0.470 bits per heavy atom. The molecule has 10 nitrogen and oxygen atoms in total. The van der Waals surface area contributed by atoms with Crippen LogP contribution in [-0.2, 0) is 0 Å². The lowest BCUT2D eigenvalue weighted by molar-refractivity contribution is 1.07. The number of fused-ring (bicyclic) bond motifs is 12. The van der Waals surface area contributed by atoms with E-state index >= 15 is 0 Å². The number of nitrogens with zero attached hydrogens (tertiary/aromatic N) is 10. The highest BCUT2D eigenvalue weighted by molar-refractivity contribution is 6.19. The molecular weight excluding hydrogens is 1400 g/mol. The molecule has 0 unspecified atom stereocenters. The predicted octanol–water partition coefficient (Wildman–Crippen LogP) is 26.4. The van der Waals surface area contributed by atoms with Gasteiger partial charge in [-0.1, -0.05) is 284 Å². The fourth-order valence-electron chi connectivity index (χ4n) is 17.0. The molecule has 0 spiro atoms. The molecule has 0 fully saturated rings. The zero-order chi connectivity index (χ0) is 76.6. The summed E-state index contributed by atoms with van der Waals surface area (Å²) in [4.78, 5) is 30.3. The van der Waals surface area contributed by atoms with E-state index in [0.717, 1.165) is 100 Å². The molecule has 0 radical (unpaired) electrons. The second-order valence-corrected chi connectivity index (χ2v) is 29.6. The fraction of sp³-hybridized carbons (Fsp3) is 0.0286. The molecule has 0 N–H and O–H groups in total. The van der Waals surface area contributed by atoms with Gasteiger partial charge in [-0.05, 0) is 158 Å². The summed E-state index contributed by atoms with van der Waals surface area (Å²) in [6, 6.07) is 136. The number of benzene rings is 16. The number of hydrogen-bond donors (Lipinski definition) is 0. The van der Waals surface area contributed by atoms with Crippen LogP contribution in [0.5, 0.6) is 0 Å². The number of para-hydroxylation sites is 6. The molecule has 542 valence electrons.